The van der Waals surface area contributed by atoms with Gasteiger partial charge in [-0.25, -0.2) is 9.59 Å². The number of amides is 1. The lowest BCUT2D eigenvalue weighted by Gasteiger charge is -2.35. The Bertz CT molecular complexity index is 620. The quantitative estimate of drug-likeness (QED) is 0.893. The van der Waals surface area contributed by atoms with E-state index in [9.17, 15) is 14.7 Å². The van der Waals surface area contributed by atoms with Crippen molar-refractivity contribution in [1.29, 1.82) is 0 Å². The number of carbonyl (C=O) groups excluding carboxylic acids is 1. The Labute approximate surface area is 135 Å². The molecule has 0 spiro atoms. The summed E-state index contributed by atoms with van der Waals surface area (Å²) in [6.45, 7) is 5.21. The Kier molecular flexibility index (Phi) is 4.54. The second-order valence-corrected chi connectivity index (χ2v) is 6.83. The molecule has 1 aliphatic rings. The normalized spacial score (nSPS) is 20.3. The van der Waals surface area contributed by atoms with Crippen molar-refractivity contribution in [1.82, 2.24) is 5.32 Å². The van der Waals surface area contributed by atoms with E-state index in [1.54, 1.807) is 27.9 Å². The molecular weight excluding hydrogens is 298 g/mol. The Hall–Kier alpha value is -2.24. The van der Waals surface area contributed by atoms with Crippen LogP contribution in [-0.2, 0) is 22.4 Å². The molecule has 0 radical (unpaired) electrons. The first-order valence-electron chi connectivity index (χ1n) is 7.55. The molecule has 0 fully saturated rings. The predicted molar refractivity (Wildman–Crippen MR) is 84.8 cm³/mol. The first-order chi connectivity index (χ1) is 10.6. The highest BCUT2D eigenvalue weighted by Gasteiger charge is 2.43. The predicted octanol–water partition coefficient (Wildman–Crippen LogP) is 2.53. The molecule has 1 unspecified atom stereocenters. The molecular formula is C17H23NO5. The van der Waals surface area contributed by atoms with Crippen LogP contribution >= 0.6 is 0 Å². The van der Waals surface area contributed by atoms with Crippen molar-refractivity contribution in [3.8, 4) is 5.75 Å². The molecule has 0 aromatic heterocycles. The number of carboxylic acids is 1. The maximum Gasteiger partial charge on any atom is 0.408 e. The molecule has 0 saturated carbocycles. The van der Waals surface area contributed by atoms with E-state index >= 15 is 0 Å². The summed E-state index contributed by atoms with van der Waals surface area (Å²) in [4.78, 5) is 23.9. The average Bonchev–Trinajstić information content (AvgIpc) is 2.44. The number of rotatable bonds is 3. The molecule has 6 nitrogen and oxygen atoms in total. The number of nitrogens with one attached hydrogen (secondary N) is 1. The second-order valence-electron chi connectivity index (χ2n) is 6.83. The van der Waals surface area contributed by atoms with Crippen molar-refractivity contribution in [2.45, 2.75) is 51.2 Å². The van der Waals surface area contributed by atoms with Gasteiger partial charge in [0.1, 0.15) is 16.9 Å². The molecule has 23 heavy (non-hydrogen) atoms. The van der Waals surface area contributed by atoms with Gasteiger partial charge < -0.3 is 19.9 Å². The summed E-state index contributed by atoms with van der Waals surface area (Å²) < 4.78 is 10.4. The van der Waals surface area contributed by atoms with Crippen LogP contribution in [0.1, 0.15) is 38.3 Å². The lowest BCUT2D eigenvalue weighted by atomic mass is 9.78. The van der Waals surface area contributed by atoms with Gasteiger partial charge in [0.15, 0.2) is 0 Å². The van der Waals surface area contributed by atoms with E-state index in [2.05, 4.69) is 5.32 Å². The van der Waals surface area contributed by atoms with E-state index in [-0.39, 0.29) is 6.42 Å². The lowest BCUT2D eigenvalue weighted by molar-refractivity contribution is -0.145. The minimum atomic E-state index is -1.36. The van der Waals surface area contributed by atoms with E-state index in [1.165, 1.54) is 0 Å². The zero-order valence-corrected chi connectivity index (χ0v) is 13.9. The summed E-state index contributed by atoms with van der Waals surface area (Å²) in [7, 11) is 1.56. The number of carbonyl (C=O) groups is 2. The third-order valence-electron chi connectivity index (χ3n) is 3.88. The van der Waals surface area contributed by atoms with Crippen LogP contribution in [0.25, 0.3) is 0 Å². The van der Waals surface area contributed by atoms with Gasteiger partial charge in [-0.3, -0.25) is 0 Å². The first kappa shape index (κ1) is 17.1. The molecule has 1 atom stereocenters. The minimum Gasteiger partial charge on any atom is -0.497 e. The van der Waals surface area contributed by atoms with Gasteiger partial charge in [0.05, 0.1) is 7.11 Å². The van der Waals surface area contributed by atoms with Gasteiger partial charge in [-0.05, 0) is 56.9 Å². The molecule has 0 aliphatic heterocycles. The molecule has 1 aliphatic carbocycles. The van der Waals surface area contributed by atoms with E-state index < -0.39 is 23.2 Å². The van der Waals surface area contributed by atoms with E-state index in [0.29, 0.717) is 18.6 Å². The van der Waals surface area contributed by atoms with Crippen molar-refractivity contribution >= 4 is 12.1 Å². The summed E-state index contributed by atoms with van der Waals surface area (Å²) in [6, 6.07) is 5.62. The highest BCUT2D eigenvalue weighted by molar-refractivity contribution is 5.85. The van der Waals surface area contributed by atoms with Crippen LogP contribution in [0.5, 0.6) is 5.75 Å². The Morgan fingerprint density at radius 2 is 1.96 bits per heavy atom. The fraction of sp³-hybridized carbons (Fsp3) is 0.529. The molecule has 0 heterocycles. The van der Waals surface area contributed by atoms with Gasteiger partial charge in [0.25, 0.3) is 0 Å². The monoisotopic (exact) mass is 321 g/mol. The zero-order valence-electron chi connectivity index (χ0n) is 13.9. The molecule has 126 valence electrons. The molecule has 2 N–H and O–H groups in total. The van der Waals surface area contributed by atoms with Gasteiger partial charge in [-0.15, -0.1) is 0 Å². The summed E-state index contributed by atoms with van der Waals surface area (Å²) in [6.07, 6.45) is 0.377. The SMILES string of the molecule is COc1ccc2c(c1)CC(NC(=O)OC(C)(C)C)(C(=O)O)CC2. The van der Waals surface area contributed by atoms with Crippen LogP contribution in [0, 0.1) is 0 Å². The van der Waals surface area contributed by atoms with Crippen molar-refractivity contribution in [2.75, 3.05) is 7.11 Å². The van der Waals surface area contributed by atoms with E-state index in [1.807, 2.05) is 18.2 Å². The van der Waals surface area contributed by atoms with Gasteiger partial charge in [-0.2, -0.15) is 0 Å². The number of fused-ring (bicyclic) bond motifs is 1. The summed E-state index contributed by atoms with van der Waals surface area (Å²) >= 11 is 0. The largest absolute Gasteiger partial charge is 0.497 e. The summed E-state index contributed by atoms with van der Waals surface area (Å²) in [5.74, 6) is -0.390. The van der Waals surface area contributed by atoms with Crippen LogP contribution < -0.4 is 10.1 Å². The molecule has 0 bridgehead atoms. The number of carboxylic acid groups (broad SMARTS) is 1. The smallest absolute Gasteiger partial charge is 0.408 e. The maximum absolute atomic E-state index is 12.1. The fourth-order valence-electron chi connectivity index (χ4n) is 2.74. The number of hydrogen-bond donors (Lipinski definition) is 2. The van der Waals surface area contributed by atoms with Crippen LogP contribution in [0.4, 0.5) is 4.79 Å². The third kappa shape index (κ3) is 3.94. The Morgan fingerprint density at radius 1 is 1.26 bits per heavy atom. The third-order valence-corrected chi connectivity index (χ3v) is 3.88. The fourth-order valence-corrected chi connectivity index (χ4v) is 2.74. The van der Waals surface area contributed by atoms with E-state index in [4.69, 9.17) is 9.47 Å². The van der Waals surface area contributed by atoms with Crippen molar-refractivity contribution in [3.63, 3.8) is 0 Å². The summed E-state index contributed by atoms with van der Waals surface area (Å²) in [5.41, 5.74) is -0.0934. The maximum atomic E-state index is 12.1. The Balaban J connectivity index is 2.25. The number of aliphatic carboxylic acids is 1. The minimum absolute atomic E-state index is 0.202. The molecule has 0 saturated heterocycles. The summed E-state index contributed by atoms with van der Waals surface area (Å²) in [5, 5.41) is 12.3. The highest BCUT2D eigenvalue weighted by atomic mass is 16.6. The first-order valence-corrected chi connectivity index (χ1v) is 7.55. The van der Waals surface area contributed by atoms with Gasteiger partial charge >= 0.3 is 12.1 Å². The standard InChI is InChI=1S/C17H23NO5/c1-16(2,3)23-15(21)18-17(14(19)20)8-7-11-5-6-13(22-4)9-12(11)10-17/h5-6,9H,7-8,10H2,1-4H3,(H,18,21)(H,19,20). The molecule has 2 rings (SSSR count). The van der Waals surface area contributed by atoms with Gasteiger partial charge in [0.2, 0.25) is 0 Å². The molecule has 1 aromatic rings. The number of hydrogen-bond acceptors (Lipinski definition) is 4. The van der Waals surface area contributed by atoms with Crippen LogP contribution in [0.15, 0.2) is 18.2 Å². The van der Waals surface area contributed by atoms with Crippen molar-refractivity contribution in [3.05, 3.63) is 29.3 Å². The van der Waals surface area contributed by atoms with Crippen molar-refractivity contribution in [2.24, 2.45) is 0 Å². The van der Waals surface area contributed by atoms with Crippen LogP contribution in [-0.4, -0.2) is 35.4 Å². The number of ether oxygens (including phenoxy) is 2. The average molecular weight is 321 g/mol. The topological polar surface area (TPSA) is 84.9 Å². The number of aryl methyl sites for hydroxylation is 1. The molecule has 1 aromatic carbocycles. The zero-order chi connectivity index (χ0) is 17.3. The van der Waals surface area contributed by atoms with Gasteiger partial charge in [0, 0.05) is 6.42 Å². The molecule has 6 heteroatoms. The van der Waals surface area contributed by atoms with E-state index in [0.717, 1.165) is 11.1 Å². The van der Waals surface area contributed by atoms with Gasteiger partial charge in [-0.1, -0.05) is 6.07 Å². The van der Waals surface area contributed by atoms with Crippen LogP contribution in [0.3, 0.4) is 0 Å². The number of methoxy groups -OCH3 is 1. The molecule has 1 amide bonds. The number of benzene rings is 1. The van der Waals surface area contributed by atoms with Crippen LogP contribution in [0.2, 0.25) is 0 Å². The number of alkyl carbamates (subject to hydrolysis) is 1. The highest BCUT2D eigenvalue weighted by Crippen LogP contribution is 2.32. The second kappa shape index (κ2) is 6.10. The lowest BCUT2D eigenvalue weighted by Crippen LogP contribution is -2.58. The van der Waals surface area contributed by atoms with Crippen molar-refractivity contribution < 1.29 is 24.2 Å². The Morgan fingerprint density at radius 3 is 2.52 bits per heavy atom.